The van der Waals surface area contributed by atoms with Crippen LogP contribution in [0.15, 0.2) is 48.5 Å². The van der Waals surface area contributed by atoms with E-state index in [2.05, 4.69) is 0 Å². The zero-order valence-corrected chi connectivity index (χ0v) is 11.6. The Morgan fingerprint density at radius 3 is 2.47 bits per heavy atom. The fourth-order valence-electron chi connectivity index (χ4n) is 2.01. The highest BCUT2D eigenvalue weighted by Gasteiger charge is 2.08. The van der Waals surface area contributed by atoms with E-state index in [9.17, 15) is 5.11 Å². The van der Waals surface area contributed by atoms with E-state index in [0.29, 0.717) is 18.1 Å². The van der Waals surface area contributed by atoms with Crippen LogP contribution in [0.4, 0.5) is 0 Å². The molecule has 19 heavy (non-hydrogen) atoms. The van der Waals surface area contributed by atoms with Gasteiger partial charge < -0.3 is 9.84 Å². The first-order valence-corrected chi connectivity index (χ1v) is 6.57. The zero-order valence-electron chi connectivity index (χ0n) is 10.8. The first-order valence-electron chi connectivity index (χ1n) is 6.19. The van der Waals surface area contributed by atoms with E-state index in [-0.39, 0.29) is 0 Å². The van der Waals surface area contributed by atoms with Gasteiger partial charge >= 0.3 is 0 Å². The average molecular weight is 277 g/mol. The molecular formula is C16H17ClO2. The first-order chi connectivity index (χ1) is 9.19. The van der Waals surface area contributed by atoms with Gasteiger partial charge in [-0.15, -0.1) is 0 Å². The van der Waals surface area contributed by atoms with Crippen molar-refractivity contribution in [2.75, 3.05) is 7.11 Å². The van der Waals surface area contributed by atoms with E-state index < -0.39 is 6.10 Å². The fraction of sp³-hybridized carbons (Fsp3) is 0.250. The van der Waals surface area contributed by atoms with Crippen molar-refractivity contribution in [3.8, 4) is 0 Å². The van der Waals surface area contributed by atoms with Crippen molar-refractivity contribution in [1.82, 2.24) is 0 Å². The number of hydrogen-bond acceptors (Lipinski definition) is 2. The molecule has 0 aliphatic heterocycles. The molecule has 2 aromatic carbocycles. The molecule has 0 radical (unpaired) electrons. The number of methoxy groups -OCH3 is 1. The molecule has 0 saturated heterocycles. The minimum absolute atomic E-state index is 0.518. The lowest BCUT2D eigenvalue weighted by Crippen LogP contribution is -2.02. The highest BCUT2D eigenvalue weighted by molar-refractivity contribution is 6.30. The Labute approximate surface area is 118 Å². The lowest BCUT2D eigenvalue weighted by Gasteiger charge is -2.12. The quantitative estimate of drug-likeness (QED) is 0.901. The van der Waals surface area contributed by atoms with Gasteiger partial charge in [-0.05, 0) is 28.8 Å². The number of rotatable bonds is 5. The van der Waals surface area contributed by atoms with Crippen molar-refractivity contribution < 1.29 is 9.84 Å². The third-order valence-corrected chi connectivity index (χ3v) is 3.23. The smallest absolute Gasteiger partial charge is 0.0830 e. The van der Waals surface area contributed by atoms with Crippen LogP contribution in [0.1, 0.15) is 22.8 Å². The Bertz CT molecular complexity index is 523. The van der Waals surface area contributed by atoms with Gasteiger partial charge in [0.1, 0.15) is 0 Å². The van der Waals surface area contributed by atoms with Gasteiger partial charge in [0.2, 0.25) is 0 Å². The number of hydrogen-bond donors (Lipinski definition) is 1. The van der Waals surface area contributed by atoms with E-state index >= 15 is 0 Å². The van der Waals surface area contributed by atoms with E-state index in [1.165, 1.54) is 0 Å². The number of aliphatic hydroxyl groups is 1. The number of ether oxygens (including phenoxy) is 1. The van der Waals surface area contributed by atoms with Crippen molar-refractivity contribution in [2.24, 2.45) is 0 Å². The second-order valence-electron chi connectivity index (χ2n) is 4.52. The summed E-state index contributed by atoms with van der Waals surface area (Å²) in [5, 5.41) is 10.9. The predicted octanol–water partition coefficient (Wildman–Crippen LogP) is 3.76. The van der Waals surface area contributed by atoms with Crippen LogP contribution in [0.25, 0.3) is 0 Å². The summed E-state index contributed by atoms with van der Waals surface area (Å²) in [5.41, 5.74) is 3.03. The topological polar surface area (TPSA) is 29.5 Å². The maximum Gasteiger partial charge on any atom is 0.0830 e. The SMILES string of the molecule is COCc1ccc(C(O)Cc2cccc(Cl)c2)cc1. The average Bonchev–Trinajstić information content (AvgIpc) is 2.40. The molecule has 0 amide bonds. The number of halogens is 1. The molecule has 3 heteroatoms. The second kappa shape index (κ2) is 6.71. The monoisotopic (exact) mass is 276 g/mol. The largest absolute Gasteiger partial charge is 0.388 e. The summed E-state index contributed by atoms with van der Waals surface area (Å²) in [4.78, 5) is 0. The zero-order chi connectivity index (χ0) is 13.7. The third-order valence-electron chi connectivity index (χ3n) is 2.99. The second-order valence-corrected chi connectivity index (χ2v) is 4.96. The van der Waals surface area contributed by atoms with Crippen LogP contribution in [0.2, 0.25) is 5.02 Å². The summed E-state index contributed by atoms with van der Waals surface area (Å²) in [5.74, 6) is 0. The summed E-state index contributed by atoms with van der Waals surface area (Å²) in [6.07, 6.45) is 0.0412. The Balaban J connectivity index is 2.05. The highest BCUT2D eigenvalue weighted by atomic mass is 35.5. The lowest BCUT2D eigenvalue weighted by atomic mass is 10.0. The van der Waals surface area contributed by atoms with Crippen molar-refractivity contribution in [1.29, 1.82) is 0 Å². The minimum Gasteiger partial charge on any atom is -0.388 e. The van der Waals surface area contributed by atoms with Crippen LogP contribution in [0, 0.1) is 0 Å². The van der Waals surface area contributed by atoms with Crippen LogP contribution in [0.3, 0.4) is 0 Å². The molecule has 0 saturated carbocycles. The molecule has 0 fully saturated rings. The minimum atomic E-state index is -0.518. The Morgan fingerprint density at radius 1 is 1.11 bits per heavy atom. The molecule has 0 bridgehead atoms. The molecule has 0 heterocycles. The van der Waals surface area contributed by atoms with E-state index in [4.69, 9.17) is 16.3 Å². The highest BCUT2D eigenvalue weighted by Crippen LogP contribution is 2.20. The predicted molar refractivity (Wildman–Crippen MR) is 77.3 cm³/mol. The van der Waals surface area contributed by atoms with Crippen molar-refractivity contribution in [2.45, 2.75) is 19.1 Å². The molecule has 1 unspecified atom stereocenters. The standard InChI is InChI=1S/C16H17ClO2/c1-19-11-12-5-7-14(8-6-12)16(18)10-13-3-2-4-15(17)9-13/h2-9,16,18H,10-11H2,1H3. The molecule has 1 atom stereocenters. The van der Waals surface area contributed by atoms with Gasteiger partial charge in [-0.1, -0.05) is 48.0 Å². The van der Waals surface area contributed by atoms with Crippen molar-refractivity contribution >= 4 is 11.6 Å². The molecule has 2 rings (SSSR count). The molecule has 0 aromatic heterocycles. The lowest BCUT2D eigenvalue weighted by molar-refractivity contribution is 0.177. The third kappa shape index (κ3) is 4.06. The molecule has 100 valence electrons. The van der Waals surface area contributed by atoms with Gasteiger partial charge in [0, 0.05) is 18.6 Å². The first kappa shape index (κ1) is 14.1. The maximum atomic E-state index is 10.2. The Kier molecular flexibility index (Phi) is 4.97. The van der Waals surface area contributed by atoms with Crippen molar-refractivity contribution in [3.05, 3.63) is 70.2 Å². The van der Waals surface area contributed by atoms with Crippen LogP contribution >= 0.6 is 11.6 Å². The number of benzene rings is 2. The van der Waals surface area contributed by atoms with Crippen molar-refractivity contribution in [3.63, 3.8) is 0 Å². The van der Waals surface area contributed by atoms with E-state index in [1.54, 1.807) is 7.11 Å². The van der Waals surface area contributed by atoms with Crippen LogP contribution in [0.5, 0.6) is 0 Å². The molecular weight excluding hydrogens is 260 g/mol. The van der Waals surface area contributed by atoms with Crippen LogP contribution in [-0.2, 0) is 17.8 Å². The molecule has 2 aromatic rings. The maximum absolute atomic E-state index is 10.2. The van der Waals surface area contributed by atoms with Crippen LogP contribution in [-0.4, -0.2) is 12.2 Å². The van der Waals surface area contributed by atoms with Gasteiger partial charge in [-0.3, -0.25) is 0 Å². The number of aliphatic hydroxyl groups excluding tert-OH is 1. The van der Waals surface area contributed by atoms with Gasteiger partial charge in [-0.2, -0.15) is 0 Å². The van der Waals surface area contributed by atoms with Gasteiger partial charge in [0.15, 0.2) is 0 Å². The fourth-order valence-corrected chi connectivity index (χ4v) is 2.22. The molecule has 0 spiro atoms. The molecule has 0 aliphatic rings. The van der Waals surface area contributed by atoms with E-state index in [0.717, 1.165) is 16.7 Å². The van der Waals surface area contributed by atoms with Gasteiger partial charge in [0.05, 0.1) is 12.7 Å². The Hall–Kier alpha value is -1.35. The summed E-state index contributed by atoms with van der Waals surface area (Å²) in [6, 6.07) is 15.4. The van der Waals surface area contributed by atoms with Gasteiger partial charge in [0.25, 0.3) is 0 Å². The normalized spacial score (nSPS) is 12.4. The Morgan fingerprint density at radius 2 is 1.84 bits per heavy atom. The summed E-state index contributed by atoms with van der Waals surface area (Å²) in [7, 11) is 1.67. The molecule has 1 N–H and O–H groups in total. The van der Waals surface area contributed by atoms with Gasteiger partial charge in [-0.25, -0.2) is 0 Å². The summed E-state index contributed by atoms with van der Waals surface area (Å²) >= 11 is 5.93. The molecule has 0 aliphatic carbocycles. The van der Waals surface area contributed by atoms with Crippen LogP contribution < -0.4 is 0 Å². The van der Waals surface area contributed by atoms with E-state index in [1.807, 2.05) is 48.5 Å². The summed E-state index contributed by atoms with van der Waals surface area (Å²) < 4.78 is 5.06. The summed E-state index contributed by atoms with van der Waals surface area (Å²) in [6.45, 7) is 0.588. The molecule has 2 nitrogen and oxygen atoms in total.